The lowest BCUT2D eigenvalue weighted by Crippen LogP contribution is -2.38. The van der Waals surface area contributed by atoms with Gasteiger partial charge in [-0.15, -0.1) is 0 Å². The number of pyridine rings is 1. The van der Waals surface area contributed by atoms with E-state index in [9.17, 15) is 0 Å². The molecule has 3 rings (SSSR count). The number of hydrogen-bond donors (Lipinski definition) is 1. The Morgan fingerprint density at radius 3 is 2.68 bits per heavy atom. The van der Waals surface area contributed by atoms with Gasteiger partial charge in [0.25, 0.3) is 0 Å². The van der Waals surface area contributed by atoms with E-state index in [1.807, 2.05) is 12.1 Å². The van der Waals surface area contributed by atoms with Gasteiger partial charge in [0, 0.05) is 30.8 Å². The van der Waals surface area contributed by atoms with Crippen LogP contribution < -0.4 is 5.73 Å². The SMILES string of the molecule is NC1(Cc2nc(Cc3ccncc3)no2)CCCC1. The first-order valence-electron chi connectivity index (χ1n) is 6.73. The van der Waals surface area contributed by atoms with Crippen LogP contribution in [0.4, 0.5) is 0 Å². The minimum absolute atomic E-state index is 0.138. The summed E-state index contributed by atoms with van der Waals surface area (Å²) in [5, 5.41) is 4.02. The molecular formula is C14H18N4O. The maximum atomic E-state index is 6.32. The Morgan fingerprint density at radius 1 is 1.21 bits per heavy atom. The summed E-state index contributed by atoms with van der Waals surface area (Å²) in [4.78, 5) is 8.43. The third-order valence-electron chi connectivity index (χ3n) is 3.72. The molecule has 0 unspecified atom stereocenters. The van der Waals surface area contributed by atoms with Crippen LogP contribution in [0, 0.1) is 0 Å². The first kappa shape index (κ1) is 12.3. The fourth-order valence-corrected chi connectivity index (χ4v) is 2.67. The number of aromatic nitrogens is 3. The lowest BCUT2D eigenvalue weighted by Gasteiger charge is -2.20. The van der Waals surface area contributed by atoms with Gasteiger partial charge in [-0.1, -0.05) is 18.0 Å². The van der Waals surface area contributed by atoms with Crippen molar-refractivity contribution in [3.63, 3.8) is 0 Å². The highest BCUT2D eigenvalue weighted by Gasteiger charge is 2.31. The van der Waals surface area contributed by atoms with Crippen molar-refractivity contribution < 1.29 is 4.52 Å². The molecule has 1 saturated carbocycles. The minimum atomic E-state index is -0.138. The van der Waals surface area contributed by atoms with Crippen LogP contribution in [-0.2, 0) is 12.8 Å². The molecule has 0 spiro atoms. The molecule has 5 heteroatoms. The van der Waals surface area contributed by atoms with Crippen molar-refractivity contribution in [3.8, 4) is 0 Å². The van der Waals surface area contributed by atoms with Crippen molar-refractivity contribution in [1.82, 2.24) is 15.1 Å². The second kappa shape index (κ2) is 5.09. The average Bonchev–Trinajstić information content (AvgIpc) is 3.01. The lowest BCUT2D eigenvalue weighted by molar-refractivity contribution is 0.327. The molecule has 2 aromatic rings. The molecule has 100 valence electrons. The first-order valence-corrected chi connectivity index (χ1v) is 6.73. The Balaban J connectivity index is 1.66. The highest BCUT2D eigenvalue weighted by molar-refractivity contribution is 5.14. The van der Waals surface area contributed by atoms with Gasteiger partial charge in [-0.25, -0.2) is 0 Å². The van der Waals surface area contributed by atoms with Gasteiger partial charge in [0.2, 0.25) is 5.89 Å². The maximum absolute atomic E-state index is 6.32. The molecule has 0 saturated heterocycles. The first-order chi connectivity index (χ1) is 9.23. The van der Waals surface area contributed by atoms with E-state index >= 15 is 0 Å². The normalized spacial score (nSPS) is 17.7. The Morgan fingerprint density at radius 2 is 1.95 bits per heavy atom. The highest BCUT2D eigenvalue weighted by Crippen LogP contribution is 2.29. The molecule has 0 aromatic carbocycles. The Bertz CT molecular complexity index is 531. The molecule has 0 amide bonds. The Hall–Kier alpha value is -1.75. The van der Waals surface area contributed by atoms with Crippen LogP contribution in [-0.4, -0.2) is 20.7 Å². The van der Waals surface area contributed by atoms with Crippen LogP contribution in [0.5, 0.6) is 0 Å². The van der Waals surface area contributed by atoms with Gasteiger partial charge < -0.3 is 10.3 Å². The zero-order chi connectivity index (χ0) is 13.1. The largest absolute Gasteiger partial charge is 0.339 e. The molecule has 19 heavy (non-hydrogen) atoms. The second-order valence-electron chi connectivity index (χ2n) is 5.38. The summed E-state index contributed by atoms with van der Waals surface area (Å²) in [5.74, 6) is 1.37. The van der Waals surface area contributed by atoms with E-state index in [-0.39, 0.29) is 5.54 Å². The predicted octanol–water partition coefficient (Wildman–Crippen LogP) is 1.87. The summed E-state index contributed by atoms with van der Waals surface area (Å²) in [6.07, 6.45) is 9.40. The van der Waals surface area contributed by atoms with E-state index < -0.39 is 0 Å². The summed E-state index contributed by atoms with van der Waals surface area (Å²) in [5.41, 5.74) is 7.31. The monoisotopic (exact) mass is 258 g/mol. The van der Waals surface area contributed by atoms with Gasteiger partial charge in [0.05, 0.1) is 0 Å². The molecule has 1 aliphatic rings. The van der Waals surface area contributed by atoms with Crippen LogP contribution in [0.3, 0.4) is 0 Å². The molecule has 2 N–H and O–H groups in total. The summed E-state index contributed by atoms with van der Waals surface area (Å²) < 4.78 is 5.31. The van der Waals surface area contributed by atoms with Gasteiger partial charge in [-0.3, -0.25) is 4.98 Å². The standard InChI is InChI=1S/C14H18N4O/c15-14(5-1-2-6-14)10-13-17-12(18-19-13)9-11-3-7-16-8-4-11/h3-4,7-8H,1-2,5-6,9-10,15H2. The van der Waals surface area contributed by atoms with Crippen molar-refractivity contribution in [3.05, 3.63) is 41.8 Å². The number of nitrogens with zero attached hydrogens (tertiary/aromatic N) is 3. The number of hydrogen-bond acceptors (Lipinski definition) is 5. The number of nitrogens with two attached hydrogens (primary N) is 1. The van der Waals surface area contributed by atoms with Gasteiger partial charge in [0.1, 0.15) is 0 Å². The van der Waals surface area contributed by atoms with Crippen LogP contribution in [0.1, 0.15) is 43.0 Å². The molecular weight excluding hydrogens is 240 g/mol. The van der Waals surface area contributed by atoms with Gasteiger partial charge in [-0.2, -0.15) is 4.98 Å². The van der Waals surface area contributed by atoms with Gasteiger partial charge in [-0.05, 0) is 30.5 Å². The summed E-state index contributed by atoms with van der Waals surface area (Å²) in [7, 11) is 0. The zero-order valence-corrected chi connectivity index (χ0v) is 10.9. The third kappa shape index (κ3) is 2.98. The second-order valence-corrected chi connectivity index (χ2v) is 5.38. The fourth-order valence-electron chi connectivity index (χ4n) is 2.67. The molecule has 0 radical (unpaired) electrons. The minimum Gasteiger partial charge on any atom is -0.339 e. The average molecular weight is 258 g/mol. The van der Waals surface area contributed by atoms with E-state index in [4.69, 9.17) is 10.3 Å². The molecule has 1 fully saturated rings. The Labute approximate surface area is 112 Å². The maximum Gasteiger partial charge on any atom is 0.228 e. The molecule has 0 atom stereocenters. The lowest BCUT2D eigenvalue weighted by atomic mass is 9.95. The smallest absolute Gasteiger partial charge is 0.228 e. The van der Waals surface area contributed by atoms with Gasteiger partial charge in [0.15, 0.2) is 5.82 Å². The van der Waals surface area contributed by atoms with E-state index in [0.717, 1.165) is 18.4 Å². The van der Waals surface area contributed by atoms with Crippen LogP contribution in [0.2, 0.25) is 0 Å². The molecule has 5 nitrogen and oxygen atoms in total. The molecule has 1 aliphatic carbocycles. The van der Waals surface area contributed by atoms with Crippen molar-refractivity contribution >= 4 is 0 Å². The summed E-state index contributed by atoms with van der Waals surface area (Å²) in [6.45, 7) is 0. The molecule has 0 bridgehead atoms. The molecule has 2 aromatic heterocycles. The van der Waals surface area contributed by atoms with Crippen molar-refractivity contribution in [2.24, 2.45) is 5.73 Å². The van der Waals surface area contributed by atoms with E-state index in [2.05, 4.69) is 15.1 Å². The number of rotatable bonds is 4. The molecule has 2 heterocycles. The predicted molar refractivity (Wildman–Crippen MR) is 70.4 cm³/mol. The van der Waals surface area contributed by atoms with E-state index in [1.165, 1.54) is 12.8 Å². The van der Waals surface area contributed by atoms with Crippen molar-refractivity contribution in [1.29, 1.82) is 0 Å². The zero-order valence-electron chi connectivity index (χ0n) is 10.9. The van der Waals surface area contributed by atoms with E-state index in [0.29, 0.717) is 24.6 Å². The van der Waals surface area contributed by atoms with E-state index in [1.54, 1.807) is 12.4 Å². The fraction of sp³-hybridized carbons (Fsp3) is 0.500. The van der Waals surface area contributed by atoms with Crippen molar-refractivity contribution in [2.45, 2.75) is 44.1 Å². The third-order valence-corrected chi connectivity index (χ3v) is 3.72. The van der Waals surface area contributed by atoms with Crippen LogP contribution >= 0.6 is 0 Å². The Kier molecular flexibility index (Phi) is 3.29. The highest BCUT2D eigenvalue weighted by atomic mass is 16.5. The summed E-state index contributed by atoms with van der Waals surface area (Å²) in [6, 6.07) is 3.91. The van der Waals surface area contributed by atoms with Crippen LogP contribution in [0.25, 0.3) is 0 Å². The summed E-state index contributed by atoms with van der Waals surface area (Å²) >= 11 is 0. The van der Waals surface area contributed by atoms with Crippen molar-refractivity contribution in [2.75, 3.05) is 0 Å². The quantitative estimate of drug-likeness (QED) is 0.905. The topological polar surface area (TPSA) is 77.8 Å². The molecule has 0 aliphatic heterocycles. The van der Waals surface area contributed by atoms with Gasteiger partial charge >= 0.3 is 0 Å². The van der Waals surface area contributed by atoms with Crippen LogP contribution in [0.15, 0.2) is 29.0 Å².